The van der Waals surface area contributed by atoms with Gasteiger partial charge in [0.15, 0.2) is 0 Å². The normalized spacial score (nSPS) is 32.4. The van der Waals surface area contributed by atoms with Crippen molar-refractivity contribution < 1.29 is 0 Å². The molecule has 19 heavy (non-hydrogen) atoms. The third-order valence-corrected chi connectivity index (χ3v) is 5.12. The predicted octanol–water partition coefficient (Wildman–Crippen LogP) is 3.67. The van der Waals surface area contributed by atoms with Gasteiger partial charge in [0.2, 0.25) is 0 Å². The molecule has 1 N–H and O–H groups in total. The Morgan fingerprint density at radius 3 is 2.26 bits per heavy atom. The topological polar surface area (TPSA) is 15.3 Å². The molecule has 1 aliphatic heterocycles. The van der Waals surface area contributed by atoms with Gasteiger partial charge in [-0.3, -0.25) is 0 Å². The summed E-state index contributed by atoms with van der Waals surface area (Å²) < 4.78 is 0. The molecule has 1 heterocycles. The maximum absolute atomic E-state index is 3.89. The molecule has 2 heteroatoms. The number of hydrogen-bond acceptors (Lipinski definition) is 2. The average molecular weight is 266 g/mol. The molecule has 1 aliphatic carbocycles. The Kier molecular flexibility index (Phi) is 4.62. The van der Waals surface area contributed by atoms with Crippen LogP contribution in [0, 0.1) is 10.8 Å². The zero-order chi connectivity index (χ0) is 14.1. The van der Waals surface area contributed by atoms with Crippen LogP contribution in [0.3, 0.4) is 0 Å². The summed E-state index contributed by atoms with van der Waals surface area (Å²) in [4.78, 5) is 2.55. The highest BCUT2D eigenvalue weighted by Crippen LogP contribution is 2.45. The number of rotatable bonds is 3. The molecule has 1 unspecified atom stereocenters. The molecule has 0 bridgehead atoms. The lowest BCUT2D eigenvalue weighted by molar-refractivity contribution is 0.0788. The molecular weight excluding hydrogens is 232 g/mol. The van der Waals surface area contributed by atoms with E-state index in [1.807, 2.05) is 0 Å². The maximum atomic E-state index is 3.89. The molecule has 0 radical (unpaired) electrons. The van der Waals surface area contributed by atoms with E-state index in [1.165, 1.54) is 51.6 Å². The van der Waals surface area contributed by atoms with Gasteiger partial charge in [0.25, 0.3) is 0 Å². The van der Waals surface area contributed by atoms with Crippen LogP contribution < -0.4 is 5.32 Å². The number of likely N-dealkylation sites (tertiary alicyclic amines) is 1. The quantitative estimate of drug-likeness (QED) is 0.838. The van der Waals surface area contributed by atoms with Gasteiger partial charge in [-0.2, -0.15) is 0 Å². The second-order valence-corrected chi connectivity index (χ2v) is 8.65. The molecule has 0 amide bonds. The second-order valence-electron chi connectivity index (χ2n) is 8.65. The highest BCUT2D eigenvalue weighted by molar-refractivity contribution is 4.93. The molecular formula is C17H34N2. The van der Waals surface area contributed by atoms with Gasteiger partial charge in [0.05, 0.1) is 0 Å². The van der Waals surface area contributed by atoms with Gasteiger partial charge in [-0.05, 0) is 56.5 Å². The van der Waals surface area contributed by atoms with Gasteiger partial charge in [-0.1, -0.05) is 34.1 Å². The van der Waals surface area contributed by atoms with Gasteiger partial charge in [0.1, 0.15) is 0 Å². The highest BCUT2D eigenvalue weighted by atomic mass is 15.2. The zero-order valence-corrected chi connectivity index (χ0v) is 13.8. The first-order valence-corrected chi connectivity index (χ1v) is 8.21. The van der Waals surface area contributed by atoms with Crippen molar-refractivity contribution in [2.24, 2.45) is 10.8 Å². The minimum Gasteiger partial charge on any atom is -0.312 e. The molecule has 1 saturated carbocycles. The summed E-state index contributed by atoms with van der Waals surface area (Å²) in [5, 5.41) is 3.89. The smallest absolute Gasteiger partial charge is 0.0217 e. The van der Waals surface area contributed by atoms with Crippen molar-refractivity contribution in [3.8, 4) is 0 Å². The Morgan fingerprint density at radius 1 is 1.05 bits per heavy atom. The zero-order valence-electron chi connectivity index (χ0n) is 13.8. The lowest BCUT2D eigenvalue weighted by atomic mass is 9.63. The number of nitrogens with zero attached hydrogens (tertiary/aromatic N) is 1. The van der Waals surface area contributed by atoms with E-state index in [0.717, 1.165) is 6.04 Å². The first kappa shape index (κ1) is 15.3. The van der Waals surface area contributed by atoms with Gasteiger partial charge >= 0.3 is 0 Å². The van der Waals surface area contributed by atoms with Crippen LogP contribution in [0.25, 0.3) is 0 Å². The average Bonchev–Trinajstić information content (AvgIpc) is 2.23. The van der Waals surface area contributed by atoms with Crippen molar-refractivity contribution in [1.82, 2.24) is 10.2 Å². The first-order chi connectivity index (χ1) is 8.77. The summed E-state index contributed by atoms with van der Waals surface area (Å²) in [6.07, 6.45) is 8.22. The van der Waals surface area contributed by atoms with Crippen molar-refractivity contribution >= 4 is 0 Å². The predicted molar refractivity (Wildman–Crippen MR) is 83.5 cm³/mol. The number of likely N-dealkylation sites (N-methyl/N-ethyl adjacent to an activating group) is 1. The molecule has 2 nitrogen and oxygen atoms in total. The van der Waals surface area contributed by atoms with E-state index in [1.54, 1.807) is 0 Å². The molecule has 2 fully saturated rings. The fourth-order valence-corrected chi connectivity index (χ4v) is 4.70. The fraction of sp³-hybridized carbons (Fsp3) is 1.00. The lowest BCUT2D eigenvalue weighted by Crippen LogP contribution is -2.49. The van der Waals surface area contributed by atoms with Crippen molar-refractivity contribution in [1.29, 1.82) is 0 Å². The largest absolute Gasteiger partial charge is 0.312 e. The van der Waals surface area contributed by atoms with E-state index in [9.17, 15) is 0 Å². The fourth-order valence-electron chi connectivity index (χ4n) is 4.70. The Bertz CT molecular complexity index is 280. The van der Waals surface area contributed by atoms with Crippen LogP contribution in [0.5, 0.6) is 0 Å². The van der Waals surface area contributed by atoms with Gasteiger partial charge in [-0.25, -0.2) is 0 Å². The molecule has 0 aromatic rings. The van der Waals surface area contributed by atoms with E-state index < -0.39 is 0 Å². The van der Waals surface area contributed by atoms with E-state index in [4.69, 9.17) is 0 Å². The number of hydrogen-bond donors (Lipinski definition) is 1. The Hall–Kier alpha value is -0.0800. The standard InChI is InChI=1S/C17H34N2/c1-16(2)10-14(11-17(3,4)13-16)18-12-15-8-6-7-9-19(15)5/h14-15,18H,6-13H2,1-5H3. The third kappa shape index (κ3) is 4.46. The van der Waals surface area contributed by atoms with Crippen molar-refractivity contribution in [3.05, 3.63) is 0 Å². The van der Waals surface area contributed by atoms with E-state index in [-0.39, 0.29) is 0 Å². The second kappa shape index (κ2) is 5.73. The molecule has 0 spiro atoms. The van der Waals surface area contributed by atoms with Crippen molar-refractivity contribution in [2.45, 2.75) is 78.3 Å². The molecule has 1 saturated heterocycles. The first-order valence-electron chi connectivity index (χ1n) is 8.21. The van der Waals surface area contributed by atoms with Gasteiger partial charge < -0.3 is 10.2 Å². The maximum Gasteiger partial charge on any atom is 0.0217 e. The molecule has 0 aromatic heterocycles. The number of piperidine rings is 1. The Morgan fingerprint density at radius 2 is 1.68 bits per heavy atom. The van der Waals surface area contributed by atoms with E-state index in [0.29, 0.717) is 16.9 Å². The van der Waals surface area contributed by atoms with Crippen molar-refractivity contribution in [2.75, 3.05) is 20.1 Å². The highest BCUT2D eigenvalue weighted by Gasteiger charge is 2.38. The summed E-state index contributed by atoms with van der Waals surface area (Å²) in [6, 6.07) is 1.48. The summed E-state index contributed by atoms with van der Waals surface area (Å²) in [7, 11) is 2.29. The lowest BCUT2D eigenvalue weighted by Gasteiger charge is -2.46. The molecule has 2 aliphatic rings. The monoisotopic (exact) mass is 266 g/mol. The molecule has 0 aromatic carbocycles. The molecule has 2 rings (SSSR count). The summed E-state index contributed by atoms with van der Waals surface area (Å²) in [5.74, 6) is 0. The van der Waals surface area contributed by atoms with E-state index >= 15 is 0 Å². The van der Waals surface area contributed by atoms with Crippen molar-refractivity contribution in [3.63, 3.8) is 0 Å². The van der Waals surface area contributed by atoms with E-state index in [2.05, 4.69) is 45.0 Å². The molecule has 112 valence electrons. The van der Waals surface area contributed by atoms with Crippen LogP contribution in [0.4, 0.5) is 0 Å². The van der Waals surface area contributed by atoms with Gasteiger partial charge in [0, 0.05) is 18.6 Å². The minimum absolute atomic E-state index is 0.498. The molecule has 1 atom stereocenters. The third-order valence-electron chi connectivity index (χ3n) is 5.12. The Balaban J connectivity index is 1.85. The van der Waals surface area contributed by atoms with Gasteiger partial charge in [-0.15, -0.1) is 0 Å². The van der Waals surface area contributed by atoms with Crippen LogP contribution in [0.1, 0.15) is 66.2 Å². The summed E-state index contributed by atoms with van der Waals surface area (Å²) >= 11 is 0. The SMILES string of the molecule is CN1CCCCC1CNC1CC(C)(C)CC(C)(C)C1. The Labute approximate surface area is 120 Å². The summed E-state index contributed by atoms with van der Waals surface area (Å²) in [5.41, 5.74) is 0.996. The minimum atomic E-state index is 0.498. The number of nitrogens with one attached hydrogen (secondary N) is 1. The van der Waals surface area contributed by atoms with Crippen LogP contribution in [-0.2, 0) is 0 Å². The van der Waals surface area contributed by atoms with Crippen LogP contribution >= 0.6 is 0 Å². The summed E-state index contributed by atoms with van der Waals surface area (Å²) in [6.45, 7) is 12.2. The van der Waals surface area contributed by atoms with Crippen LogP contribution in [0.15, 0.2) is 0 Å². The van der Waals surface area contributed by atoms with Crippen LogP contribution in [-0.4, -0.2) is 37.1 Å². The van der Waals surface area contributed by atoms with Crippen LogP contribution in [0.2, 0.25) is 0 Å².